The maximum absolute atomic E-state index is 14.5. The molecule has 0 aliphatic carbocycles. The summed E-state index contributed by atoms with van der Waals surface area (Å²) in [4.78, 5) is 27.7. The van der Waals surface area contributed by atoms with Gasteiger partial charge >= 0.3 is 0 Å². The zero-order valence-electron chi connectivity index (χ0n) is 20.3. The lowest BCUT2D eigenvalue weighted by Gasteiger charge is -2.32. The molecule has 2 amide bonds. The molecular formula is C27H30FN3O4S. The van der Waals surface area contributed by atoms with Crippen LogP contribution in [0.1, 0.15) is 25.8 Å². The van der Waals surface area contributed by atoms with Crippen LogP contribution in [0, 0.1) is 5.82 Å². The lowest BCUT2D eigenvalue weighted by molar-refractivity contribution is -0.139. The smallest absolute Gasteiger partial charge is 0.264 e. The summed E-state index contributed by atoms with van der Waals surface area (Å²) in [5.74, 6) is -1.56. The summed E-state index contributed by atoms with van der Waals surface area (Å²) in [5, 5.41) is 2.75. The lowest BCUT2D eigenvalue weighted by atomic mass is 10.1. The number of amides is 2. The number of halogens is 1. The first-order chi connectivity index (χ1) is 17.3. The van der Waals surface area contributed by atoms with Gasteiger partial charge in [-0.05, 0) is 43.7 Å². The quantitative estimate of drug-likeness (QED) is 0.422. The van der Waals surface area contributed by atoms with Crippen molar-refractivity contribution in [1.29, 1.82) is 0 Å². The Labute approximate surface area is 211 Å². The highest BCUT2D eigenvalue weighted by molar-refractivity contribution is 7.92. The van der Waals surface area contributed by atoms with E-state index in [9.17, 15) is 22.4 Å². The predicted octanol–water partition coefficient (Wildman–Crippen LogP) is 3.96. The molecule has 3 aromatic carbocycles. The molecule has 3 rings (SSSR count). The van der Waals surface area contributed by atoms with Gasteiger partial charge in [0, 0.05) is 18.7 Å². The van der Waals surface area contributed by atoms with Crippen LogP contribution in [-0.4, -0.2) is 44.3 Å². The second-order valence-electron chi connectivity index (χ2n) is 8.24. The predicted molar refractivity (Wildman–Crippen MR) is 137 cm³/mol. The molecule has 3 aromatic rings. The summed E-state index contributed by atoms with van der Waals surface area (Å²) in [5.41, 5.74) is 0.516. The van der Waals surface area contributed by atoms with Crippen molar-refractivity contribution in [3.8, 4) is 0 Å². The number of carbonyl (C=O) groups is 2. The number of sulfonamides is 1. The molecule has 0 heterocycles. The van der Waals surface area contributed by atoms with E-state index in [4.69, 9.17) is 0 Å². The molecule has 36 heavy (non-hydrogen) atoms. The molecule has 1 unspecified atom stereocenters. The summed E-state index contributed by atoms with van der Waals surface area (Å²) >= 11 is 0. The molecule has 0 fully saturated rings. The average molecular weight is 512 g/mol. The number of anilines is 1. The molecule has 0 radical (unpaired) electrons. The maximum Gasteiger partial charge on any atom is 0.264 e. The van der Waals surface area contributed by atoms with Gasteiger partial charge in [0.15, 0.2) is 0 Å². The fourth-order valence-electron chi connectivity index (χ4n) is 3.63. The van der Waals surface area contributed by atoms with Crippen LogP contribution >= 0.6 is 0 Å². The lowest BCUT2D eigenvalue weighted by Crippen LogP contribution is -2.51. The minimum Gasteiger partial charge on any atom is -0.354 e. The highest BCUT2D eigenvalue weighted by atomic mass is 32.2. The number of hydrogen-bond acceptors (Lipinski definition) is 4. The van der Waals surface area contributed by atoms with E-state index >= 15 is 0 Å². The molecule has 1 atom stereocenters. The number of carbonyl (C=O) groups excluding carboxylic acids is 2. The van der Waals surface area contributed by atoms with Gasteiger partial charge in [0.2, 0.25) is 11.8 Å². The van der Waals surface area contributed by atoms with Gasteiger partial charge in [-0.15, -0.1) is 0 Å². The summed E-state index contributed by atoms with van der Waals surface area (Å²) in [6.45, 7) is 3.10. The summed E-state index contributed by atoms with van der Waals surface area (Å²) < 4.78 is 42.6. The van der Waals surface area contributed by atoms with Crippen molar-refractivity contribution in [2.45, 2.75) is 37.8 Å². The SMILES string of the molecule is CCCNC(=O)C(C)N(Cc1ccccc1F)C(=O)CN(c1ccccc1)S(=O)(=O)c1ccccc1. The van der Waals surface area contributed by atoms with Gasteiger partial charge < -0.3 is 10.2 Å². The number of nitrogens with zero attached hydrogens (tertiary/aromatic N) is 2. The van der Waals surface area contributed by atoms with E-state index in [2.05, 4.69) is 5.32 Å². The van der Waals surface area contributed by atoms with Crippen molar-refractivity contribution >= 4 is 27.5 Å². The second-order valence-corrected chi connectivity index (χ2v) is 10.1. The second kappa shape index (κ2) is 12.3. The van der Waals surface area contributed by atoms with Crippen molar-refractivity contribution in [3.63, 3.8) is 0 Å². The first-order valence-corrected chi connectivity index (χ1v) is 13.1. The standard InChI is InChI=1S/C27H30FN3O4S/c1-3-18-29-27(33)21(2)30(19-22-12-10-11-17-25(22)28)26(32)20-31(23-13-6-4-7-14-23)36(34,35)24-15-8-5-9-16-24/h4-17,21H,3,18-20H2,1-2H3,(H,29,33). The summed E-state index contributed by atoms with van der Waals surface area (Å²) in [6.07, 6.45) is 0.705. The third-order valence-electron chi connectivity index (χ3n) is 5.67. The van der Waals surface area contributed by atoms with E-state index in [1.807, 2.05) is 6.92 Å². The third kappa shape index (κ3) is 6.48. The number of rotatable bonds is 11. The van der Waals surface area contributed by atoms with Gasteiger partial charge in [-0.3, -0.25) is 13.9 Å². The van der Waals surface area contributed by atoms with Gasteiger partial charge in [-0.1, -0.05) is 61.5 Å². The van der Waals surface area contributed by atoms with Crippen molar-refractivity contribution < 1.29 is 22.4 Å². The van der Waals surface area contributed by atoms with E-state index < -0.39 is 40.2 Å². The van der Waals surface area contributed by atoms with Crippen molar-refractivity contribution in [3.05, 3.63) is 96.3 Å². The van der Waals surface area contributed by atoms with Gasteiger partial charge in [0.1, 0.15) is 18.4 Å². The Morgan fingerprint density at radius 2 is 1.50 bits per heavy atom. The van der Waals surface area contributed by atoms with E-state index in [0.29, 0.717) is 18.7 Å². The zero-order chi connectivity index (χ0) is 26.1. The van der Waals surface area contributed by atoms with Crippen LogP contribution in [0.3, 0.4) is 0 Å². The van der Waals surface area contributed by atoms with E-state index in [1.165, 1.54) is 35.2 Å². The average Bonchev–Trinajstić information content (AvgIpc) is 2.90. The first-order valence-electron chi connectivity index (χ1n) is 11.7. The summed E-state index contributed by atoms with van der Waals surface area (Å²) in [6, 6.07) is 21.1. The molecule has 0 aromatic heterocycles. The van der Waals surface area contributed by atoms with Crippen LogP contribution in [-0.2, 0) is 26.2 Å². The Bertz CT molecular complexity index is 1270. The Kier molecular flexibility index (Phi) is 9.19. The fraction of sp³-hybridized carbons (Fsp3) is 0.259. The monoisotopic (exact) mass is 511 g/mol. The van der Waals surface area contributed by atoms with Crippen LogP contribution in [0.5, 0.6) is 0 Å². The largest absolute Gasteiger partial charge is 0.354 e. The maximum atomic E-state index is 14.5. The normalized spacial score (nSPS) is 12.0. The van der Waals surface area contributed by atoms with Crippen LogP contribution < -0.4 is 9.62 Å². The molecule has 0 spiro atoms. The molecule has 0 saturated carbocycles. The van der Waals surface area contributed by atoms with Crippen LogP contribution in [0.2, 0.25) is 0 Å². The number of hydrogen-bond donors (Lipinski definition) is 1. The Hall–Kier alpha value is -3.72. The van der Waals surface area contributed by atoms with Gasteiger partial charge in [0.25, 0.3) is 10.0 Å². The molecule has 7 nitrogen and oxygen atoms in total. The Morgan fingerprint density at radius 3 is 2.11 bits per heavy atom. The fourth-order valence-corrected chi connectivity index (χ4v) is 5.07. The number of para-hydroxylation sites is 1. The van der Waals surface area contributed by atoms with Crippen molar-refractivity contribution in [2.24, 2.45) is 0 Å². The van der Waals surface area contributed by atoms with E-state index in [1.54, 1.807) is 61.5 Å². The molecule has 9 heteroatoms. The van der Waals surface area contributed by atoms with E-state index in [-0.39, 0.29) is 17.0 Å². The molecular weight excluding hydrogens is 481 g/mol. The first kappa shape index (κ1) is 26.9. The van der Waals surface area contributed by atoms with E-state index in [0.717, 1.165) is 4.31 Å². The van der Waals surface area contributed by atoms with Crippen LogP contribution in [0.25, 0.3) is 0 Å². The van der Waals surface area contributed by atoms with Crippen molar-refractivity contribution in [1.82, 2.24) is 10.2 Å². The minimum atomic E-state index is -4.11. The third-order valence-corrected chi connectivity index (χ3v) is 7.46. The molecule has 1 N–H and O–H groups in total. The molecule has 0 aliphatic rings. The number of benzene rings is 3. The highest BCUT2D eigenvalue weighted by Crippen LogP contribution is 2.24. The van der Waals surface area contributed by atoms with Crippen LogP contribution in [0.15, 0.2) is 89.8 Å². The minimum absolute atomic E-state index is 0.0241. The Morgan fingerprint density at radius 1 is 0.917 bits per heavy atom. The number of nitrogens with one attached hydrogen (secondary N) is 1. The van der Waals surface area contributed by atoms with Gasteiger partial charge in [-0.25, -0.2) is 12.8 Å². The molecule has 0 saturated heterocycles. The van der Waals surface area contributed by atoms with Gasteiger partial charge in [0.05, 0.1) is 10.6 Å². The summed E-state index contributed by atoms with van der Waals surface area (Å²) in [7, 11) is -4.11. The molecule has 190 valence electrons. The van der Waals surface area contributed by atoms with Crippen molar-refractivity contribution in [2.75, 3.05) is 17.4 Å². The highest BCUT2D eigenvalue weighted by Gasteiger charge is 2.32. The topological polar surface area (TPSA) is 86.8 Å². The Balaban J connectivity index is 1.99. The zero-order valence-corrected chi connectivity index (χ0v) is 21.1. The van der Waals surface area contributed by atoms with Gasteiger partial charge in [-0.2, -0.15) is 0 Å². The molecule has 0 aliphatic heterocycles. The molecule has 0 bridgehead atoms. The van der Waals surface area contributed by atoms with Crippen LogP contribution in [0.4, 0.5) is 10.1 Å².